The number of benzene rings is 8. The average Bonchev–Trinajstić information content (AvgIpc) is 3.77. The Kier molecular flexibility index (Phi) is 7.56. The number of rotatable bonds is 7. The summed E-state index contributed by atoms with van der Waals surface area (Å²) in [5.41, 5.74) is 8.99. The number of hydrogen-bond acceptors (Lipinski definition) is 4. The number of fused-ring (bicyclic) bond motifs is 6. The van der Waals surface area contributed by atoms with Crippen molar-refractivity contribution in [3.63, 3.8) is 0 Å². The lowest BCUT2D eigenvalue weighted by atomic mass is 9.98. The van der Waals surface area contributed by atoms with Crippen molar-refractivity contribution in [1.82, 2.24) is 0 Å². The molecule has 2 aromatic heterocycles. The molecule has 0 N–H and O–H groups in total. The zero-order valence-corrected chi connectivity index (χ0v) is 29.8. The topological polar surface area (TPSA) is 6.48 Å². The molecular formula is C48H32N2S2. The zero-order valence-electron chi connectivity index (χ0n) is 28.2. The van der Waals surface area contributed by atoms with E-state index in [-0.39, 0.29) is 0 Å². The van der Waals surface area contributed by atoms with Crippen molar-refractivity contribution in [2.24, 2.45) is 0 Å². The van der Waals surface area contributed by atoms with Crippen LogP contribution in [0.2, 0.25) is 0 Å². The maximum atomic E-state index is 2.40. The fraction of sp³-hybridized carbons (Fsp3) is 0. The molecule has 0 aliphatic carbocycles. The third-order valence-electron chi connectivity index (χ3n) is 9.83. The van der Waals surface area contributed by atoms with Gasteiger partial charge in [-0.25, -0.2) is 0 Å². The van der Waals surface area contributed by atoms with Crippen molar-refractivity contribution in [2.75, 3.05) is 9.80 Å². The van der Waals surface area contributed by atoms with Crippen LogP contribution in [-0.2, 0) is 0 Å². The van der Waals surface area contributed by atoms with Gasteiger partial charge in [-0.2, -0.15) is 0 Å². The molecule has 0 radical (unpaired) electrons. The Morgan fingerprint density at radius 1 is 0.288 bits per heavy atom. The van der Waals surface area contributed by atoms with Gasteiger partial charge in [0.05, 0.1) is 5.69 Å². The van der Waals surface area contributed by atoms with E-state index in [4.69, 9.17) is 0 Å². The van der Waals surface area contributed by atoms with Gasteiger partial charge in [-0.15, -0.1) is 22.7 Å². The predicted molar refractivity (Wildman–Crippen MR) is 227 cm³/mol. The molecule has 0 spiro atoms. The van der Waals surface area contributed by atoms with Gasteiger partial charge in [-0.1, -0.05) is 103 Å². The molecule has 52 heavy (non-hydrogen) atoms. The Labute approximate surface area is 310 Å². The lowest BCUT2D eigenvalue weighted by molar-refractivity contribution is 1.25. The maximum Gasteiger partial charge on any atom is 0.0560 e. The van der Waals surface area contributed by atoms with Gasteiger partial charge >= 0.3 is 0 Å². The molecule has 0 bridgehead atoms. The predicted octanol–water partition coefficient (Wildman–Crippen LogP) is 15.0. The Hall–Kier alpha value is -6.20. The third-order valence-corrected chi connectivity index (χ3v) is 12.1. The summed E-state index contributed by atoms with van der Waals surface area (Å²) in [6.07, 6.45) is 0. The van der Waals surface area contributed by atoms with E-state index in [1.54, 1.807) is 0 Å². The Morgan fingerprint density at radius 2 is 0.731 bits per heavy atom. The SMILES string of the molecule is c1ccc(N(c2ccc(-c3ccc4sc5ccccc5c4c3)c(N(c3ccccc3)c3ccccc3)c2)c2ccc3sc4ccccc4c3c2)cc1. The van der Waals surface area contributed by atoms with Crippen LogP contribution in [-0.4, -0.2) is 0 Å². The summed E-state index contributed by atoms with van der Waals surface area (Å²) < 4.78 is 5.22. The normalized spacial score (nSPS) is 11.5. The van der Waals surface area contributed by atoms with Crippen LogP contribution in [0.25, 0.3) is 51.5 Å². The Balaban J connectivity index is 1.23. The van der Waals surface area contributed by atoms with Crippen LogP contribution in [0.5, 0.6) is 0 Å². The second-order valence-corrected chi connectivity index (χ2v) is 15.1. The first kappa shape index (κ1) is 30.6. The first-order chi connectivity index (χ1) is 25.8. The highest BCUT2D eigenvalue weighted by Gasteiger charge is 2.22. The minimum atomic E-state index is 1.09. The van der Waals surface area contributed by atoms with E-state index in [1.807, 2.05) is 22.7 Å². The summed E-state index contributed by atoms with van der Waals surface area (Å²) in [5.74, 6) is 0. The molecule has 4 heteroatoms. The molecule has 0 aliphatic heterocycles. The van der Waals surface area contributed by atoms with Crippen molar-refractivity contribution >= 4 is 97.1 Å². The standard InChI is InChI=1S/C48H32N2S2/c1-4-14-34(15-5-1)49(37-26-29-48-43(31-37)41-21-11-13-23-46(41)52-48)38-25-27-39(33-24-28-47-42(30-33)40-20-10-12-22-45(40)51-47)44(32-38)50(35-16-6-2-7-17-35)36-18-8-3-9-19-36/h1-32H. The zero-order chi connectivity index (χ0) is 34.4. The number of hydrogen-bond donors (Lipinski definition) is 0. The summed E-state index contributed by atoms with van der Waals surface area (Å²) in [7, 11) is 0. The van der Waals surface area contributed by atoms with Crippen LogP contribution in [0.15, 0.2) is 194 Å². The second-order valence-electron chi connectivity index (χ2n) is 13.0. The van der Waals surface area contributed by atoms with E-state index in [9.17, 15) is 0 Å². The van der Waals surface area contributed by atoms with Crippen molar-refractivity contribution < 1.29 is 0 Å². The van der Waals surface area contributed by atoms with Gasteiger partial charge in [0.15, 0.2) is 0 Å². The quantitative estimate of drug-likeness (QED) is 0.163. The summed E-state index contributed by atoms with van der Waals surface area (Å²) in [6, 6.07) is 70.5. The van der Waals surface area contributed by atoms with Gasteiger partial charge in [-0.3, -0.25) is 0 Å². The first-order valence-electron chi connectivity index (χ1n) is 17.5. The lowest BCUT2D eigenvalue weighted by Gasteiger charge is -2.31. The molecule has 246 valence electrons. The molecule has 8 aromatic carbocycles. The van der Waals surface area contributed by atoms with E-state index in [0.29, 0.717) is 0 Å². The van der Waals surface area contributed by atoms with Crippen molar-refractivity contribution in [2.45, 2.75) is 0 Å². The van der Waals surface area contributed by atoms with Crippen molar-refractivity contribution in [3.05, 3.63) is 194 Å². The highest BCUT2D eigenvalue weighted by molar-refractivity contribution is 7.26. The van der Waals surface area contributed by atoms with Crippen molar-refractivity contribution in [1.29, 1.82) is 0 Å². The van der Waals surface area contributed by atoms with Crippen LogP contribution in [0, 0.1) is 0 Å². The van der Waals surface area contributed by atoms with Gasteiger partial charge in [-0.05, 0) is 96.6 Å². The largest absolute Gasteiger partial charge is 0.310 e. The minimum absolute atomic E-state index is 1.09. The monoisotopic (exact) mass is 700 g/mol. The molecule has 0 aliphatic rings. The van der Waals surface area contributed by atoms with Crippen LogP contribution in [0.1, 0.15) is 0 Å². The smallest absolute Gasteiger partial charge is 0.0560 e. The summed E-state index contributed by atoms with van der Waals surface area (Å²) in [5, 5.41) is 5.17. The first-order valence-corrected chi connectivity index (χ1v) is 19.1. The molecule has 0 saturated carbocycles. The molecule has 10 rings (SSSR count). The highest BCUT2D eigenvalue weighted by atomic mass is 32.1. The second kappa shape index (κ2) is 12.8. The highest BCUT2D eigenvalue weighted by Crippen LogP contribution is 2.47. The number of thiophene rings is 2. The summed E-state index contributed by atoms with van der Waals surface area (Å²) in [4.78, 5) is 4.79. The molecule has 0 unspecified atom stereocenters. The molecule has 0 saturated heterocycles. The van der Waals surface area contributed by atoms with E-state index in [2.05, 4.69) is 204 Å². The van der Waals surface area contributed by atoms with Gasteiger partial charge < -0.3 is 9.80 Å². The van der Waals surface area contributed by atoms with Gasteiger partial charge in [0.25, 0.3) is 0 Å². The van der Waals surface area contributed by atoms with Crippen LogP contribution in [0.3, 0.4) is 0 Å². The van der Waals surface area contributed by atoms with Crippen molar-refractivity contribution in [3.8, 4) is 11.1 Å². The van der Waals surface area contributed by atoms with Gasteiger partial charge in [0, 0.05) is 74.3 Å². The average molecular weight is 701 g/mol. The summed E-state index contributed by atoms with van der Waals surface area (Å²) >= 11 is 3.71. The van der Waals surface area contributed by atoms with Crippen LogP contribution in [0.4, 0.5) is 34.1 Å². The van der Waals surface area contributed by atoms with E-state index in [0.717, 1.165) is 34.1 Å². The summed E-state index contributed by atoms with van der Waals surface area (Å²) in [6.45, 7) is 0. The Morgan fingerprint density at radius 3 is 1.33 bits per heavy atom. The fourth-order valence-corrected chi connectivity index (χ4v) is 9.61. The number of anilines is 6. The van der Waals surface area contributed by atoms with Crippen LogP contribution >= 0.6 is 22.7 Å². The number of nitrogens with zero attached hydrogens (tertiary/aromatic N) is 2. The number of para-hydroxylation sites is 3. The molecule has 0 fully saturated rings. The van der Waals surface area contributed by atoms with E-state index >= 15 is 0 Å². The molecule has 0 atom stereocenters. The lowest BCUT2D eigenvalue weighted by Crippen LogP contribution is -2.14. The van der Waals surface area contributed by atoms with E-state index < -0.39 is 0 Å². The molecule has 2 nitrogen and oxygen atoms in total. The van der Waals surface area contributed by atoms with Gasteiger partial charge in [0.1, 0.15) is 0 Å². The fourth-order valence-electron chi connectivity index (χ4n) is 7.44. The molecule has 10 aromatic rings. The molecule has 0 amide bonds. The molecule has 2 heterocycles. The van der Waals surface area contributed by atoms with Crippen LogP contribution < -0.4 is 9.80 Å². The minimum Gasteiger partial charge on any atom is -0.310 e. The van der Waals surface area contributed by atoms with E-state index in [1.165, 1.54) is 51.5 Å². The third kappa shape index (κ3) is 5.32. The Bertz CT molecular complexity index is 2820. The maximum absolute atomic E-state index is 2.40. The van der Waals surface area contributed by atoms with Gasteiger partial charge in [0.2, 0.25) is 0 Å². The molecular weight excluding hydrogens is 669 g/mol.